The molecule has 0 radical (unpaired) electrons. The van der Waals surface area contributed by atoms with Gasteiger partial charge in [-0.3, -0.25) is 9.59 Å². The van der Waals surface area contributed by atoms with Crippen LogP contribution in [0.2, 0.25) is 0 Å². The van der Waals surface area contributed by atoms with Crippen LogP contribution in [0.3, 0.4) is 0 Å². The zero-order chi connectivity index (χ0) is 18.6. The summed E-state index contributed by atoms with van der Waals surface area (Å²) in [4.78, 5) is 20.6. The fourth-order valence-corrected chi connectivity index (χ4v) is 2.24. The molecular formula is C18H39N3O3. The average molecular weight is 346 g/mol. The Morgan fingerprint density at radius 2 is 1.38 bits per heavy atom. The normalized spacial score (nSPS) is 11.5. The molecule has 0 spiro atoms. The first-order valence-corrected chi connectivity index (χ1v) is 9.42. The average Bonchev–Trinajstić information content (AvgIpc) is 2.53. The Hall–Kier alpha value is -1.14. The van der Waals surface area contributed by atoms with E-state index < -0.39 is 12.0 Å². The summed E-state index contributed by atoms with van der Waals surface area (Å²) in [6.07, 6.45) is 14.3. The lowest BCUT2D eigenvalue weighted by Crippen LogP contribution is -2.29. The van der Waals surface area contributed by atoms with Crippen molar-refractivity contribution in [3.8, 4) is 0 Å². The van der Waals surface area contributed by atoms with Crippen LogP contribution in [0.15, 0.2) is 0 Å². The molecule has 144 valence electrons. The van der Waals surface area contributed by atoms with Crippen LogP contribution in [0.1, 0.15) is 90.4 Å². The highest BCUT2D eigenvalue weighted by Crippen LogP contribution is 2.10. The first-order valence-electron chi connectivity index (χ1n) is 9.42. The maximum absolute atomic E-state index is 10.4. The molecule has 1 amide bonds. The van der Waals surface area contributed by atoms with Gasteiger partial charge in [0.25, 0.3) is 0 Å². The summed E-state index contributed by atoms with van der Waals surface area (Å²) >= 11 is 0. The van der Waals surface area contributed by atoms with Crippen molar-refractivity contribution in [2.24, 2.45) is 17.2 Å². The molecule has 6 nitrogen and oxygen atoms in total. The SMILES string of the molecule is CCCCCCCCCCCC(N)=O.NCCCC[C@H](N)C(=O)O. The molecule has 0 aromatic carbocycles. The van der Waals surface area contributed by atoms with Crippen LogP contribution in [0.4, 0.5) is 0 Å². The van der Waals surface area contributed by atoms with E-state index in [1.165, 1.54) is 44.9 Å². The minimum absolute atomic E-state index is 0.159. The van der Waals surface area contributed by atoms with Crippen molar-refractivity contribution in [1.82, 2.24) is 0 Å². The highest BCUT2D eigenvalue weighted by molar-refractivity contribution is 5.73. The topological polar surface area (TPSA) is 132 Å². The van der Waals surface area contributed by atoms with Gasteiger partial charge in [0.1, 0.15) is 6.04 Å². The Kier molecular flexibility index (Phi) is 20.8. The van der Waals surface area contributed by atoms with E-state index in [1.807, 2.05) is 0 Å². The van der Waals surface area contributed by atoms with E-state index in [9.17, 15) is 9.59 Å². The van der Waals surface area contributed by atoms with Crippen LogP contribution in [0, 0.1) is 0 Å². The Labute approximate surface area is 147 Å². The maximum Gasteiger partial charge on any atom is 0.320 e. The summed E-state index contributed by atoms with van der Waals surface area (Å²) in [7, 11) is 0. The van der Waals surface area contributed by atoms with Crippen molar-refractivity contribution >= 4 is 11.9 Å². The molecule has 0 aromatic rings. The number of carboxylic acid groups (broad SMARTS) is 1. The second kappa shape index (κ2) is 19.9. The highest BCUT2D eigenvalue weighted by atomic mass is 16.4. The first-order chi connectivity index (χ1) is 11.5. The lowest BCUT2D eigenvalue weighted by molar-refractivity contribution is -0.138. The van der Waals surface area contributed by atoms with Crippen molar-refractivity contribution < 1.29 is 14.7 Å². The van der Waals surface area contributed by atoms with E-state index in [1.54, 1.807) is 0 Å². The summed E-state index contributed by atoms with van der Waals surface area (Å²) in [5.74, 6) is -1.09. The number of unbranched alkanes of at least 4 members (excludes halogenated alkanes) is 9. The molecular weight excluding hydrogens is 306 g/mol. The van der Waals surface area contributed by atoms with Crippen LogP contribution in [-0.2, 0) is 9.59 Å². The van der Waals surface area contributed by atoms with Crippen LogP contribution < -0.4 is 17.2 Å². The van der Waals surface area contributed by atoms with E-state index in [0.717, 1.165) is 25.7 Å². The third kappa shape index (κ3) is 23.1. The number of carboxylic acids is 1. The number of primary amides is 1. The minimum atomic E-state index is -0.933. The number of carbonyl (C=O) groups excluding carboxylic acids is 1. The van der Waals surface area contributed by atoms with Gasteiger partial charge >= 0.3 is 5.97 Å². The smallest absolute Gasteiger partial charge is 0.320 e. The third-order valence-electron chi connectivity index (χ3n) is 3.81. The van der Waals surface area contributed by atoms with Crippen LogP contribution >= 0.6 is 0 Å². The third-order valence-corrected chi connectivity index (χ3v) is 3.81. The molecule has 0 aliphatic heterocycles. The molecule has 24 heavy (non-hydrogen) atoms. The number of rotatable bonds is 15. The summed E-state index contributed by atoms with van der Waals surface area (Å²) in [6.45, 7) is 2.84. The molecule has 0 saturated heterocycles. The Bertz CT molecular complexity index is 299. The first kappa shape index (κ1) is 25.1. The van der Waals surface area contributed by atoms with Crippen molar-refractivity contribution in [1.29, 1.82) is 0 Å². The van der Waals surface area contributed by atoms with Gasteiger partial charge in [0, 0.05) is 6.42 Å². The van der Waals surface area contributed by atoms with Gasteiger partial charge in [-0.05, 0) is 25.8 Å². The molecule has 1 atom stereocenters. The monoisotopic (exact) mass is 345 g/mol. The van der Waals surface area contributed by atoms with Crippen molar-refractivity contribution in [3.05, 3.63) is 0 Å². The molecule has 7 N–H and O–H groups in total. The molecule has 0 aliphatic carbocycles. The van der Waals surface area contributed by atoms with Gasteiger partial charge in [0.15, 0.2) is 0 Å². The lowest BCUT2D eigenvalue weighted by Gasteiger charge is -2.03. The van der Waals surface area contributed by atoms with Crippen molar-refractivity contribution in [2.45, 2.75) is 96.4 Å². The lowest BCUT2D eigenvalue weighted by atomic mass is 10.1. The fraction of sp³-hybridized carbons (Fsp3) is 0.889. The van der Waals surface area contributed by atoms with Crippen LogP contribution in [0.25, 0.3) is 0 Å². The Balaban J connectivity index is 0. The number of hydrogen-bond acceptors (Lipinski definition) is 4. The van der Waals surface area contributed by atoms with Crippen molar-refractivity contribution in [3.63, 3.8) is 0 Å². The Morgan fingerprint density at radius 1 is 0.875 bits per heavy atom. The zero-order valence-electron chi connectivity index (χ0n) is 15.5. The van der Waals surface area contributed by atoms with E-state index in [2.05, 4.69) is 6.92 Å². The molecule has 0 saturated carbocycles. The molecule has 0 unspecified atom stereocenters. The van der Waals surface area contributed by atoms with Gasteiger partial charge < -0.3 is 22.3 Å². The molecule has 0 heterocycles. The van der Waals surface area contributed by atoms with Gasteiger partial charge in [-0.15, -0.1) is 0 Å². The molecule has 0 aromatic heterocycles. The number of amides is 1. The molecule has 6 heteroatoms. The number of nitrogens with two attached hydrogens (primary N) is 3. The molecule has 0 fully saturated rings. The number of hydrogen-bond donors (Lipinski definition) is 4. The van der Waals surface area contributed by atoms with Gasteiger partial charge in [0.05, 0.1) is 0 Å². The second-order valence-electron chi connectivity index (χ2n) is 6.27. The Morgan fingerprint density at radius 3 is 1.79 bits per heavy atom. The van der Waals surface area contributed by atoms with Gasteiger partial charge in [-0.1, -0.05) is 64.7 Å². The fourth-order valence-electron chi connectivity index (χ4n) is 2.24. The maximum atomic E-state index is 10.4. The summed E-state index contributed by atoms with van der Waals surface area (Å²) in [5.41, 5.74) is 15.5. The standard InChI is InChI=1S/C12H25NO.C6H14N2O2/c1-2-3-4-5-6-7-8-9-10-11-12(13)14;7-4-2-1-3-5(8)6(9)10/h2-11H2,1H3,(H2,13,14);5H,1-4,7-8H2,(H,9,10)/t;5-/m.0/s1. The largest absolute Gasteiger partial charge is 0.480 e. The highest BCUT2D eigenvalue weighted by Gasteiger charge is 2.09. The summed E-state index contributed by atoms with van der Waals surface area (Å²) in [5, 5.41) is 8.33. The minimum Gasteiger partial charge on any atom is -0.480 e. The number of carbonyl (C=O) groups is 2. The van der Waals surface area contributed by atoms with Crippen LogP contribution in [-0.4, -0.2) is 29.6 Å². The zero-order valence-corrected chi connectivity index (χ0v) is 15.5. The van der Waals surface area contributed by atoms with Crippen molar-refractivity contribution in [2.75, 3.05) is 6.54 Å². The van der Waals surface area contributed by atoms with E-state index in [0.29, 0.717) is 19.4 Å². The predicted octanol–water partition coefficient (Wildman–Crippen LogP) is 2.92. The van der Waals surface area contributed by atoms with E-state index >= 15 is 0 Å². The van der Waals surface area contributed by atoms with Gasteiger partial charge in [-0.25, -0.2) is 0 Å². The van der Waals surface area contributed by atoms with Crippen LogP contribution in [0.5, 0.6) is 0 Å². The quantitative estimate of drug-likeness (QED) is 0.339. The van der Waals surface area contributed by atoms with Gasteiger partial charge in [0.2, 0.25) is 5.91 Å². The van der Waals surface area contributed by atoms with Gasteiger partial charge in [-0.2, -0.15) is 0 Å². The molecule has 0 aliphatic rings. The predicted molar refractivity (Wildman–Crippen MR) is 99.6 cm³/mol. The summed E-state index contributed by atoms with van der Waals surface area (Å²) < 4.78 is 0. The molecule has 0 rings (SSSR count). The van der Waals surface area contributed by atoms with E-state index in [-0.39, 0.29) is 5.91 Å². The summed E-state index contributed by atoms with van der Waals surface area (Å²) in [6, 6.07) is -0.716. The second-order valence-corrected chi connectivity index (χ2v) is 6.27. The molecule has 0 bridgehead atoms. The van der Waals surface area contributed by atoms with E-state index in [4.69, 9.17) is 22.3 Å². The number of aliphatic carboxylic acids is 1.